The van der Waals surface area contributed by atoms with Crippen LogP contribution in [0.5, 0.6) is 11.5 Å². The second-order valence-electron chi connectivity index (χ2n) is 7.74. The fourth-order valence-corrected chi connectivity index (χ4v) is 3.75. The van der Waals surface area contributed by atoms with E-state index < -0.39 is 0 Å². The highest BCUT2D eigenvalue weighted by Gasteiger charge is 2.24. The summed E-state index contributed by atoms with van der Waals surface area (Å²) in [5.41, 5.74) is 1.52. The molecule has 7 heteroatoms. The largest absolute Gasteiger partial charge is 0.493 e. The lowest BCUT2D eigenvalue weighted by Gasteiger charge is -2.32. The zero-order valence-electron chi connectivity index (χ0n) is 18.0. The minimum absolute atomic E-state index is 0.00633. The molecular weight excluding hydrogens is 399 g/mol. The molecule has 0 atom stereocenters. The molecule has 0 aliphatic carbocycles. The lowest BCUT2D eigenvalue weighted by Crippen LogP contribution is -2.41. The average molecular weight is 429 g/mol. The summed E-state index contributed by atoms with van der Waals surface area (Å²) < 4.78 is 23.4. The molecule has 2 aromatic carbocycles. The van der Waals surface area contributed by atoms with Gasteiger partial charge < -0.3 is 19.7 Å². The fraction of sp³-hybridized carbons (Fsp3) is 0.417. The van der Waals surface area contributed by atoms with Gasteiger partial charge in [0.05, 0.1) is 14.2 Å². The summed E-state index contributed by atoms with van der Waals surface area (Å²) in [6, 6.07) is 11.4. The summed E-state index contributed by atoms with van der Waals surface area (Å²) >= 11 is 0. The Bertz CT molecular complexity index is 893. The fourth-order valence-electron chi connectivity index (χ4n) is 3.75. The molecule has 2 aromatic rings. The zero-order chi connectivity index (χ0) is 22.2. The Balaban J connectivity index is 1.41. The molecule has 3 rings (SSSR count). The third kappa shape index (κ3) is 6.20. The molecule has 0 unspecified atom stereocenters. The number of ether oxygens (including phenoxy) is 2. The molecule has 0 spiro atoms. The van der Waals surface area contributed by atoms with Crippen molar-refractivity contribution < 1.29 is 23.5 Å². The quantitative estimate of drug-likeness (QED) is 0.699. The van der Waals surface area contributed by atoms with E-state index in [0.29, 0.717) is 55.5 Å². The van der Waals surface area contributed by atoms with Crippen LogP contribution in [0, 0.1) is 11.7 Å². The van der Waals surface area contributed by atoms with Gasteiger partial charge in [0.1, 0.15) is 5.82 Å². The lowest BCUT2D eigenvalue weighted by molar-refractivity contribution is -0.121. The number of aryl methyl sites for hydroxylation is 1. The number of likely N-dealkylation sites (tertiary alicyclic amines) is 1. The molecule has 1 saturated heterocycles. The normalized spacial score (nSPS) is 14.2. The van der Waals surface area contributed by atoms with E-state index in [0.717, 1.165) is 18.4 Å². The van der Waals surface area contributed by atoms with E-state index in [1.54, 1.807) is 44.6 Å². The van der Waals surface area contributed by atoms with E-state index in [-0.39, 0.29) is 17.6 Å². The van der Waals surface area contributed by atoms with Crippen LogP contribution < -0.4 is 14.8 Å². The number of halogens is 1. The average Bonchev–Trinajstić information content (AvgIpc) is 2.81. The van der Waals surface area contributed by atoms with Crippen LogP contribution >= 0.6 is 0 Å². The van der Waals surface area contributed by atoms with Gasteiger partial charge in [0, 0.05) is 31.6 Å². The third-order valence-electron chi connectivity index (χ3n) is 5.67. The molecule has 1 aliphatic rings. The van der Waals surface area contributed by atoms with Gasteiger partial charge in [-0.3, -0.25) is 9.59 Å². The Kier molecular flexibility index (Phi) is 7.87. The number of hydrogen-bond donors (Lipinski definition) is 1. The first-order valence-electron chi connectivity index (χ1n) is 10.5. The highest BCUT2D eigenvalue weighted by Crippen LogP contribution is 2.28. The van der Waals surface area contributed by atoms with Crippen molar-refractivity contribution in [3.63, 3.8) is 0 Å². The number of benzene rings is 2. The van der Waals surface area contributed by atoms with Crippen molar-refractivity contribution in [3.8, 4) is 11.5 Å². The van der Waals surface area contributed by atoms with Crippen LogP contribution in [0.15, 0.2) is 42.5 Å². The van der Waals surface area contributed by atoms with Crippen LogP contribution in [0.3, 0.4) is 0 Å². The number of methoxy groups -OCH3 is 2. The van der Waals surface area contributed by atoms with Crippen LogP contribution in [-0.4, -0.2) is 50.6 Å². The van der Waals surface area contributed by atoms with Gasteiger partial charge in [-0.25, -0.2) is 4.39 Å². The number of rotatable bonds is 8. The van der Waals surface area contributed by atoms with Gasteiger partial charge >= 0.3 is 0 Å². The SMILES string of the molecule is COc1ccc(C(=O)N2CCC(CNC(=O)CCc3ccc(F)cc3)CC2)cc1OC. The van der Waals surface area contributed by atoms with Gasteiger partial charge in [-0.1, -0.05) is 12.1 Å². The Hall–Kier alpha value is -3.09. The number of carbonyl (C=O) groups excluding carboxylic acids is 2. The molecule has 1 aliphatic heterocycles. The molecule has 0 saturated carbocycles. The number of amides is 2. The minimum atomic E-state index is -0.274. The van der Waals surface area contributed by atoms with E-state index >= 15 is 0 Å². The molecule has 1 fully saturated rings. The predicted octanol–water partition coefficient (Wildman–Crippen LogP) is 3.44. The summed E-state index contributed by atoms with van der Waals surface area (Å²) in [5, 5.41) is 2.99. The van der Waals surface area contributed by atoms with Crippen LogP contribution in [-0.2, 0) is 11.2 Å². The van der Waals surface area contributed by atoms with Crippen molar-refractivity contribution in [2.45, 2.75) is 25.7 Å². The van der Waals surface area contributed by atoms with Gasteiger partial charge in [0.25, 0.3) is 5.91 Å². The van der Waals surface area contributed by atoms with Crippen molar-refractivity contribution in [2.75, 3.05) is 33.9 Å². The van der Waals surface area contributed by atoms with Gasteiger partial charge in [-0.05, 0) is 61.1 Å². The topological polar surface area (TPSA) is 67.9 Å². The van der Waals surface area contributed by atoms with Crippen molar-refractivity contribution in [1.29, 1.82) is 0 Å². The number of hydrogen-bond acceptors (Lipinski definition) is 4. The number of piperidine rings is 1. The summed E-state index contributed by atoms with van der Waals surface area (Å²) in [6.45, 7) is 1.92. The molecule has 166 valence electrons. The first-order chi connectivity index (χ1) is 15.0. The summed E-state index contributed by atoms with van der Waals surface area (Å²) in [5.74, 6) is 1.17. The maximum absolute atomic E-state index is 12.9. The molecule has 1 N–H and O–H groups in total. The Morgan fingerprint density at radius 2 is 1.71 bits per heavy atom. The highest BCUT2D eigenvalue weighted by atomic mass is 19.1. The van der Waals surface area contributed by atoms with E-state index in [1.165, 1.54) is 12.1 Å². The van der Waals surface area contributed by atoms with Crippen LogP contribution in [0.25, 0.3) is 0 Å². The van der Waals surface area contributed by atoms with Gasteiger partial charge in [-0.15, -0.1) is 0 Å². The Labute approximate surface area is 182 Å². The Morgan fingerprint density at radius 1 is 1.03 bits per heavy atom. The van der Waals surface area contributed by atoms with E-state index in [9.17, 15) is 14.0 Å². The summed E-state index contributed by atoms with van der Waals surface area (Å²) in [6.07, 6.45) is 2.65. The minimum Gasteiger partial charge on any atom is -0.493 e. The lowest BCUT2D eigenvalue weighted by atomic mass is 9.96. The molecule has 0 radical (unpaired) electrons. The molecule has 2 amide bonds. The standard InChI is InChI=1S/C24H29FN2O4/c1-30-21-9-6-19(15-22(21)31-2)24(29)27-13-11-18(12-14-27)16-26-23(28)10-5-17-3-7-20(25)8-4-17/h3-4,6-9,15,18H,5,10-14,16H2,1-2H3,(H,26,28). The molecular formula is C24H29FN2O4. The third-order valence-corrected chi connectivity index (χ3v) is 5.67. The second kappa shape index (κ2) is 10.8. The van der Waals surface area contributed by atoms with Gasteiger partial charge in [0.15, 0.2) is 11.5 Å². The van der Waals surface area contributed by atoms with Gasteiger partial charge in [0.2, 0.25) is 5.91 Å². The molecule has 31 heavy (non-hydrogen) atoms. The van der Waals surface area contributed by atoms with Crippen molar-refractivity contribution in [3.05, 3.63) is 59.4 Å². The summed E-state index contributed by atoms with van der Waals surface area (Å²) in [7, 11) is 3.11. The van der Waals surface area contributed by atoms with Crippen LogP contribution in [0.2, 0.25) is 0 Å². The second-order valence-corrected chi connectivity index (χ2v) is 7.74. The maximum atomic E-state index is 12.9. The molecule has 1 heterocycles. The Morgan fingerprint density at radius 3 is 2.35 bits per heavy atom. The first kappa shape index (κ1) is 22.6. The monoisotopic (exact) mass is 428 g/mol. The highest BCUT2D eigenvalue weighted by molar-refractivity contribution is 5.95. The van der Waals surface area contributed by atoms with E-state index in [2.05, 4.69) is 5.32 Å². The predicted molar refractivity (Wildman–Crippen MR) is 116 cm³/mol. The maximum Gasteiger partial charge on any atom is 0.253 e. The molecule has 6 nitrogen and oxygen atoms in total. The molecule has 0 aromatic heterocycles. The number of nitrogens with zero attached hydrogens (tertiary/aromatic N) is 1. The summed E-state index contributed by atoms with van der Waals surface area (Å²) in [4.78, 5) is 26.8. The van der Waals surface area contributed by atoms with Crippen molar-refractivity contribution >= 4 is 11.8 Å². The van der Waals surface area contributed by atoms with Crippen LogP contribution in [0.4, 0.5) is 4.39 Å². The zero-order valence-corrected chi connectivity index (χ0v) is 18.0. The van der Waals surface area contributed by atoms with E-state index in [1.807, 2.05) is 4.90 Å². The van der Waals surface area contributed by atoms with Crippen molar-refractivity contribution in [1.82, 2.24) is 10.2 Å². The van der Waals surface area contributed by atoms with Crippen molar-refractivity contribution in [2.24, 2.45) is 5.92 Å². The first-order valence-corrected chi connectivity index (χ1v) is 10.5. The van der Waals surface area contributed by atoms with Gasteiger partial charge in [-0.2, -0.15) is 0 Å². The number of carbonyl (C=O) groups is 2. The van der Waals surface area contributed by atoms with Crippen LogP contribution in [0.1, 0.15) is 35.2 Å². The number of nitrogens with one attached hydrogen (secondary N) is 1. The molecule has 0 bridgehead atoms. The smallest absolute Gasteiger partial charge is 0.253 e. The van der Waals surface area contributed by atoms with E-state index in [4.69, 9.17) is 9.47 Å².